The molecule has 0 amide bonds. The normalized spacial score (nSPS) is 10.8. The van der Waals surface area contributed by atoms with Crippen LogP contribution in [-0.4, -0.2) is 37.8 Å². The van der Waals surface area contributed by atoms with Crippen LogP contribution in [0.15, 0.2) is 34.3 Å². The molecule has 0 saturated carbocycles. The minimum Gasteiger partial charge on any atom is -0.481 e. The molecule has 0 fully saturated rings. The summed E-state index contributed by atoms with van der Waals surface area (Å²) in [5.74, 6) is -0.0675. The lowest BCUT2D eigenvalue weighted by Gasteiger charge is -2.08. The number of hydrogen-bond acceptors (Lipinski definition) is 5. The third-order valence-electron chi connectivity index (χ3n) is 2.84. The number of carboxylic acid groups (broad SMARTS) is 1. The average molecular weight is 323 g/mol. The van der Waals surface area contributed by atoms with Crippen LogP contribution in [-0.2, 0) is 11.3 Å². The molecule has 0 unspecified atom stereocenters. The zero-order valence-corrected chi connectivity index (χ0v) is 13.6. The summed E-state index contributed by atoms with van der Waals surface area (Å²) in [5, 5.41) is 17.8. The van der Waals surface area contributed by atoms with Gasteiger partial charge in [-0.15, -0.1) is 22.0 Å². The molecule has 5 nitrogen and oxygen atoms in total. The van der Waals surface area contributed by atoms with Crippen molar-refractivity contribution in [2.75, 3.05) is 12.0 Å². The highest BCUT2D eigenvalue weighted by Gasteiger charge is 2.14. The number of benzene rings is 1. The van der Waals surface area contributed by atoms with E-state index in [2.05, 4.69) is 29.3 Å². The maximum atomic E-state index is 10.7. The van der Waals surface area contributed by atoms with Crippen LogP contribution >= 0.6 is 23.5 Å². The fourth-order valence-electron chi connectivity index (χ4n) is 1.90. The molecule has 0 aliphatic carbocycles. The highest BCUT2D eigenvalue weighted by Crippen LogP contribution is 2.26. The Balaban J connectivity index is 2.31. The van der Waals surface area contributed by atoms with Gasteiger partial charge < -0.3 is 9.67 Å². The second-order valence-electron chi connectivity index (χ2n) is 4.37. The predicted octanol–water partition coefficient (Wildman–Crippen LogP) is 3.25. The predicted molar refractivity (Wildman–Crippen MR) is 85.9 cm³/mol. The fraction of sp³-hybridized carbons (Fsp3) is 0.357. The summed E-state index contributed by atoms with van der Waals surface area (Å²) in [4.78, 5) is 11.9. The second-order valence-corrected chi connectivity index (χ2v) is 6.19. The van der Waals surface area contributed by atoms with Crippen LogP contribution in [0.4, 0.5) is 0 Å². The van der Waals surface area contributed by atoms with E-state index in [-0.39, 0.29) is 5.75 Å². The number of carbonyl (C=O) groups is 1. The highest BCUT2D eigenvalue weighted by atomic mass is 32.2. The summed E-state index contributed by atoms with van der Waals surface area (Å²) in [7, 11) is 0. The minimum atomic E-state index is -0.850. The molecular weight excluding hydrogens is 306 g/mol. The largest absolute Gasteiger partial charge is 0.481 e. The lowest BCUT2D eigenvalue weighted by atomic mass is 10.2. The second kappa shape index (κ2) is 7.51. The number of carboxylic acids is 1. The molecule has 0 radical (unpaired) electrons. The zero-order chi connectivity index (χ0) is 15.2. The van der Waals surface area contributed by atoms with Crippen LogP contribution in [0, 0.1) is 0 Å². The smallest absolute Gasteiger partial charge is 0.313 e. The van der Waals surface area contributed by atoms with Crippen LogP contribution in [0.3, 0.4) is 0 Å². The van der Waals surface area contributed by atoms with Gasteiger partial charge in [0.15, 0.2) is 11.0 Å². The van der Waals surface area contributed by atoms with Gasteiger partial charge in [-0.3, -0.25) is 4.79 Å². The van der Waals surface area contributed by atoms with Crippen LogP contribution in [0.1, 0.15) is 13.3 Å². The van der Waals surface area contributed by atoms with E-state index in [9.17, 15) is 4.79 Å². The van der Waals surface area contributed by atoms with E-state index in [1.807, 2.05) is 23.0 Å². The molecule has 1 N–H and O–H groups in total. The topological polar surface area (TPSA) is 68.0 Å². The Morgan fingerprint density at radius 3 is 2.57 bits per heavy atom. The number of hydrogen-bond donors (Lipinski definition) is 1. The third-order valence-corrected chi connectivity index (χ3v) is 4.53. The Morgan fingerprint density at radius 2 is 2.00 bits per heavy atom. The molecule has 2 aromatic rings. The Hall–Kier alpha value is -1.47. The Labute approximate surface area is 132 Å². The number of thioether (sulfide) groups is 2. The molecule has 0 atom stereocenters. The fourth-order valence-corrected chi connectivity index (χ4v) is 2.99. The summed E-state index contributed by atoms with van der Waals surface area (Å²) in [5.41, 5.74) is 0.996. The maximum Gasteiger partial charge on any atom is 0.313 e. The van der Waals surface area contributed by atoms with Crippen molar-refractivity contribution in [3.8, 4) is 11.4 Å². The van der Waals surface area contributed by atoms with Gasteiger partial charge in [0.1, 0.15) is 0 Å². The first-order chi connectivity index (χ1) is 10.2. The molecule has 1 aromatic carbocycles. The van der Waals surface area contributed by atoms with E-state index in [1.54, 1.807) is 11.8 Å². The standard InChI is InChI=1S/C14H17N3O2S2/c1-3-8-17-13(10-4-6-11(20-2)7-5-10)15-16-14(17)21-9-12(18)19/h4-7H,3,8-9H2,1-2H3,(H,18,19). The Kier molecular flexibility index (Phi) is 5.69. The number of aliphatic carboxylic acids is 1. The van der Waals surface area contributed by atoms with Crippen molar-refractivity contribution in [2.24, 2.45) is 0 Å². The van der Waals surface area contributed by atoms with Gasteiger partial charge in [-0.1, -0.05) is 30.8 Å². The van der Waals surface area contributed by atoms with Crippen LogP contribution in [0.2, 0.25) is 0 Å². The third kappa shape index (κ3) is 4.01. The van der Waals surface area contributed by atoms with E-state index >= 15 is 0 Å². The van der Waals surface area contributed by atoms with E-state index in [4.69, 9.17) is 5.11 Å². The SMILES string of the molecule is CCCn1c(SCC(=O)O)nnc1-c1ccc(SC)cc1. The van der Waals surface area contributed by atoms with Crippen molar-refractivity contribution in [1.29, 1.82) is 0 Å². The van der Waals surface area contributed by atoms with Crippen molar-refractivity contribution in [2.45, 2.75) is 29.9 Å². The van der Waals surface area contributed by atoms with Gasteiger partial charge in [0, 0.05) is 17.0 Å². The van der Waals surface area contributed by atoms with Crippen molar-refractivity contribution in [3.63, 3.8) is 0 Å². The summed E-state index contributed by atoms with van der Waals surface area (Å²) < 4.78 is 1.99. The molecular formula is C14H17N3O2S2. The molecule has 112 valence electrons. The molecule has 1 heterocycles. The van der Waals surface area contributed by atoms with E-state index in [0.29, 0.717) is 5.16 Å². The van der Waals surface area contributed by atoms with Crippen molar-refractivity contribution < 1.29 is 9.90 Å². The van der Waals surface area contributed by atoms with E-state index < -0.39 is 5.97 Å². The van der Waals surface area contributed by atoms with Crippen molar-refractivity contribution in [1.82, 2.24) is 14.8 Å². The van der Waals surface area contributed by atoms with Gasteiger partial charge in [0.05, 0.1) is 5.75 Å². The summed E-state index contributed by atoms with van der Waals surface area (Å²) in [6, 6.07) is 8.14. The summed E-state index contributed by atoms with van der Waals surface area (Å²) in [6.07, 6.45) is 2.98. The molecule has 1 aromatic heterocycles. The van der Waals surface area contributed by atoms with Gasteiger partial charge in [-0.2, -0.15) is 0 Å². The van der Waals surface area contributed by atoms with Crippen LogP contribution in [0.5, 0.6) is 0 Å². The average Bonchev–Trinajstić information content (AvgIpc) is 2.88. The van der Waals surface area contributed by atoms with Gasteiger partial charge in [0.25, 0.3) is 0 Å². The van der Waals surface area contributed by atoms with Gasteiger partial charge in [-0.05, 0) is 24.8 Å². The molecule has 0 saturated heterocycles. The lowest BCUT2D eigenvalue weighted by molar-refractivity contribution is -0.133. The van der Waals surface area contributed by atoms with E-state index in [1.165, 1.54) is 16.7 Å². The zero-order valence-electron chi connectivity index (χ0n) is 11.9. The molecule has 0 aliphatic heterocycles. The Morgan fingerprint density at radius 1 is 1.29 bits per heavy atom. The molecule has 21 heavy (non-hydrogen) atoms. The van der Waals surface area contributed by atoms with E-state index in [0.717, 1.165) is 24.4 Å². The Bertz CT molecular complexity index is 611. The van der Waals surface area contributed by atoms with Crippen LogP contribution in [0.25, 0.3) is 11.4 Å². The minimum absolute atomic E-state index is 0.00669. The van der Waals surface area contributed by atoms with Gasteiger partial charge in [0.2, 0.25) is 0 Å². The monoisotopic (exact) mass is 323 g/mol. The van der Waals surface area contributed by atoms with Crippen molar-refractivity contribution >= 4 is 29.5 Å². The number of nitrogens with zero attached hydrogens (tertiary/aromatic N) is 3. The molecule has 0 spiro atoms. The highest BCUT2D eigenvalue weighted by molar-refractivity contribution is 7.99. The van der Waals surface area contributed by atoms with Crippen LogP contribution < -0.4 is 0 Å². The molecule has 0 aliphatic rings. The van der Waals surface area contributed by atoms with Gasteiger partial charge in [-0.25, -0.2) is 0 Å². The summed E-state index contributed by atoms with van der Waals surface area (Å²) >= 11 is 2.90. The first-order valence-electron chi connectivity index (χ1n) is 6.58. The first kappa shape index (κ1) is 15.9. The first-order valence-corrected chi connectivity index (χ1v) is 8.79. The van der Waals surface area contributed by atoms with Gasteiger partial charge >= 0.3 is 5.97 Å². The quantitative estimate of drug-likeness (QED) is 0.789. The molecule has 0 bridgehead atoms. The number of aromatic nitrogens is 3. The summed E-state index contributed by atoms with van der Waals surface area (Å²) in [6.45, 7) is 2.85. The maximum absolute atomic E-state index is 10.7. The lowest BCUT2D eigenvalue weighted by Crippen LogP contribution is -2.04. The molecule has 2 rings (SSSR count). The number of rotatable bonds is 7. The molecule has 7 heteroatoms. The van der Waals surface area contributed by atoms with Crippen molar-refractivity contribution in [3.05, 3.63) is 24.3 Å².